The Bertz CT molecular complexity index is 346. The van der Waals surface area contributed by atoms with Crippen molar-refractivity contribution in [2.24, 2.45) is 0 Å². The molecule has 0 aliphatic carbocycles. The molecule has 6 nitrogen and oxygen atoms in total. The number of nitrogens with zero attached hydrogens (tertiary/aromatic N) is 1. The lowest BCUT2D eigenvalue weighted by molar-refractivity contribution is -0.151. The Hall–Kier alpha value is -1.43. The molecule has 0 saturated carbocycles. The van der Waals surface area contributed by atoms with Crippen molar-refractivity contribution in [2.45, 2.75) is 39.3 Å². The van der Waals surface area contributed by atoms with E-state index in [-0.39, 0.29) is 36.3 Å². The van der Waals surface area contributed by atoms with Gasteiger partial charge in [-0.05, 0) is 27.7 Å². The van der Waals surface area contributed by atoms with Crippen molar-refractivity contribution in [3.63, 3.8) is 0 Å². The minimum absolute atomic E-state index is 0.0930. The van der Waals surface area contributed by atoms with Gasteiger partial charge in [-0.3, -0.25) is 24.6 Å². The average molecular weight is 241 g/mol. The number of nitrogens with one attached hydrogen (secondary N) is 2. The molecule has 1 atom stereocenters. The third kappa shape index (κ3) is 3.81. The predicted molar refractivity (Wildman–Crippen MR) is 62.1 cm³/mol. The van der Waals surface area contributed by atoms with E-state index < -0.39 is 6.04 Å². The lowest BCUT2D eigenvalue weighted by atomic mass is 10.1. The van der Waals surface area contributed by atoms with E-state index >= 15 is 0 Å². The molecule has 1 saturated heterocycles. The van der Waals surface area contributed by atoms with E-state index in [4.69, 9.17) is 0 Å². The van der Waals surface area contributed by atoms with E-state index in [1.165, 1.54) is 0 Å². The van der Waals surface area contributed by atoms with Gasteiger partial charge in [0.05, 0.1) is 12.6 Å². The van der Waals surface area contributed by atoms with Crippen molar-refractivity contribution in [1.29, 1.82) is 0 Å². The van der Waals surface area contributed by atoms with Crippen LogP contribution in [0.25, 0.3) is 0 Å². The Morgan fingerprint density at radius 3 is 2.59 bits per heavy atom. The minimum Gasteiger partial charge on any atom is -0.350 e. The van der Waals surface area contributed by atoms with Gasteiger partial charge in [0.2, 0.25) is 17.7 Å². The van der Waals surface area contributed by atoms with Crippen molar-refractivity contribution in [1.82, 2.24) is 15.5 Å². The molecule has 1 rings (SSSR count). The van der Waals surface area contributed by atoms with Gasteiger partial charge in [0.1, 0.15) is 6.54 Å². The molecule has 1 unspecified atom stereocenters. The zero-order chi connectivity index (χ0) is 13.2. The molecule has 0 spiro atoms. The Kier molecular flexibility index (Phi) is 3.87. The van der Waals surface area contributed by atoms with Crippen molar-refractivity contribution < 1.29 is 14.4 Å². The lowest BCUT2D eigenvalue weighted by Gasteiger charge is -2.30. The first kappa shape index (κ1) is 13.6. The van der Waals surface area contributed by atoms with E-state index in [0.29, 0.717) is 0 Å². The fourth-order valence-electron chi connectivity index (χ4n) is 1.55. The summed E-state index contributed by atoms with van der Waals surface area (Å²) in [7, 11) is 0. The Morgan fingerprint density at radius 2 is 2.06 bits per heavy atom. The van der Waals surface area contributed by atoms with E-state index in [1.807, 2.05) is 20.8 Å². The SMILES string of the molecule is CC1NCC(=O)N(CC(=O)NC(C)(C)C)C1=O. The standard InChI is InChI=1S/C11H19N3O3/c1-7-10(17)14(9(16)5-12-7)6-8(15)13-11(2,3)4/h7,12H,5-6H2,1-4H3,(H,13,15). The summed E-state index contributed by atoms with van der Waals surface area (Å²) in [5.74, 6) is -1.05. The van der Waals surface area contributed by atoms with E-state index in [0.717, 1.165) is 4.90 Å². The minimum atomic E-state index is -0.421. The molecular weight excluding hydrogens is 222 g/mol. The second-order valence-corrected chi connectivity index (χ2v) is 5.22. The lowest BCUT2D eigenvalue weighted by Crippen LogP contribution is -2.59. The third-order valence-corrected chi connectivity index (χ3v) is 2.31. The molecule has 0 aromatic carbocycles. The number of imide groups is 1. The largest absolute Gasteiger partial charge is 0.350 e. The Labute approximate surface area is 101 Å². The van der Waals surface area contributed by atoms with Gasteiger partial charge in [-0.25, -0.2) is 0 Å². The summed E-state index contributed by atoms with van der Waals surface area (Å²) in [5.41, 5.74) is -0.372. The number of piperazine rings is 1. The fraction of sp³-hybridized carbons (Fsp3) is 0.727. The molecule has 0 radical (unpaired) electrons. The molecule has 1 heterocycles. The van der Waals surface area contributed by atoms with Crippen molar-refractivity contribution in [3.05, 3.63) is 0 Å². The molecule has 1 aliphatic rings. The van der Waals surface area contributed by atoms with Crippen LogP contribution in [-0.2, 0) is 14.4 Å². The number of carbonyl (C=O) groups excluding carboxylic acids is 3. The highest BCUT2D eigenvalue weighted by molar-refractivity contribution is 6.03. The second kappa shape index (κ2) is 4.83. The summed E-state index contributed by atoms with van der Waals surface area (Å²) in [5, 5.41) is 5.48. The highest BCUT2D eigenvalue weighted by Crippen LogP contribution is 2.04. The Balaban J connectivity index is 2.63. The van der Waals surface area contributed by atoms with Crippen molar-refractivity contribution in [2.75, 3.05) is 13.1 Å². The maximum absolute atomic E-state index is 11.7. The predicted octanol–water partition coefficient (Wildman–Crippen LogP) is -0.752. The topological polar surface area (TPSA) is 78.5 Å². The van der Waals surface area contributed by atoms with Crippen molar-refractivity contribution in [3.8, 4) is 0 Å². The fourth-order valence-corrected chi connectivity index (χ4v) is 1.55. The van der Waals surface area contributed by atoms with Gasteiger partial charge < -0.3 is 5.32 Å². The molecule has 3 amide bonds. The van der Waals surface area contributed by atoms with Gasteiger partial charge in [-0.15, -0.1) is 0 Å². The van der Waals surface area contributed by atoms with Gasteiger partial charge >= 0.3 is 0 Å². The number of amides is 3. The highest BCUT2D eigenvalue weighted by Gasteiger charge is 2.32. The summed E-state index contributed by atoms with van der Waals surface area (Å²) in [6, 6.07) is -0.421. The van der Waals surface area contributed by atoms with Gasteiger partial charge in [-0.2, -0.15) is 0 Å². The molecule has 6 heteroatoms. The summed E-state index contributed by atoms with van der Waals surface area (Å²) in [6.45, 7) is 7.08. The van der Waals surface area contributed by atoms with Crippen LogP contribution in [0, 0.1) is 0 Å². The molecule has 96 valence electrons. The molecule has 17 heavy (non-hydrogen) atoms. The first-order valence-corrected chi connectivity index (χ1v) is 5.59. The van der Waals surface area contributed by atoms with Gasteiger partial charge in [0.25, 0.3) is 0 Å². The zero-order valence-electron chi connectivity index (χ0n) is 10.7. The first-order chi connectivity index (χ1) is 7.70. The molecule has 0 aromatic rings. The smallest absolute Gasteiger partial charge is 0.246 e. The van der Waals surface area contributed by atoms with Crippen LogP contribution in [0.1, 0.15) is 27.7 Å². The Morgan fingerprint density at radius 1 is 1.47 bits per heavy atom. The summed E-state index contributed by atoms with van der Waals surface area (Å²) in [6.07, 6.45) is 0. The molecule has 2 N–H and O–H groups in total. The van der Waals surface area contributed by atoms with Crippen molar-refractivity contribution >= 4 is 17.7 Å². The molecule has 1 fully saturated rings. The van der Waals surface area contributed by atoms with Crippen LogP contribution in [0.15, 0.2) is 0 Å². The number of carbonyl (C=O) groups is 3. The quantitative estimate of drug-likeness (QED) is 0.623. The van der Waals surface area contributed by atoms with E-state index in [2.05, 4.69) is 10.6 Å². The maximum Gasteiger partial charge on any atom is 0.246 e. The molecular formula is C11H19N3O3. The number of hydrogen-bond acceptors (Lipinski definition) is 4. The summed E-state index contributed by atoms with van der Waals surface area (Å²) < 4.78 is 0. The van der Waals surface area contributed by atoms with Crippen LogP contribution in [0.2, 0.25) is 0 Å². The van der Waals surface area contributed by atoms with Crippen LogP contribution in [0.5, 0.6) is 0 Å². The van der Waals surface area contributed by atoms with Gasteiger partial charge in [0, 0.05) is 5.54 Å². The number of hydrogen-bond donors (Lipinski definition) is 2. The highest BCUT2D eigenvalue weighted by atomic mass is 16.2. The molecule has 0 bridgehead atoms. The maximum atomic E-state index is 11.7. The van der Waals surface area contributed by atoms with Gasteiger partial charge in [-0.1, -0.05) is 0 Å². The van der Waals surface area contributed by atoms with Crippen LogP contribution in [-0.4, -0.2) is 47.3 Å². The van der Waals surface area contributed by atoms with Crippen LogP contribution in [0.3, 0.4) is 0 Å². The zero-order valence-corrected chi connectivity index (χ0v) is 10.7. The van der Waals surface area contributed by atoms with E-state index in [9.17, 15) is 14.4 Å². The summed E-state index contributed by atoms with van der Waals surface area (Å²) >= 11 is 0. The van der Waals surface area contributed by atoms with Crippen LogP contribution < -0.4 is 10.6 Å². The first-order valence-electron chi connectivity index (χ1n) is 5.59. The molecule has 0 aromatic heterocycles. The normalized spacial score (nSPS) is 21.6. The third-order valence-electron chi connectivity index (χ3n) is 2.31. The number of rotatable bonds is 2. The average Bonchev–Trinajstić information content (AvgIpc) is 2.16. The monoisotopic (exact) mass is 241 g/mol. The van der Waals surface area contributed by atoms with E-state index in [1.54, 1.807) is 6.92 Å². The van der Waals surface area contributed by atoms with Gasteiger partial charge in [0.15, 0.2) is 0 Å². The second-order valence-electron chi connectivity index (χ2n) is 5.22. The summed E-state index contributed by atoms with van der Waals surface area (Å²) in [4.78, 5) is 35.9. The van der Waals surface area contributed by atoms with Crippen LogP contribution in [0.4, 0.5) is 0 Å². The van der Waals surface area contributed by atoms with Crippen LogP contribution >= 0.6 is 0 Å². The molecule has 1 aliphatic heterocycles.